The van der Waals surface area contributed by atoms with Crippen molar-refractivity contribution >= 4 is 16.9 Å². The van der Waals surface area contributed by atoms with Gasteiger partial charge in [-0.05, 0) is 37.1 Å². The summed E-state index contributed by atoms with van der Waals surface area (Å²) in [7, 11) is 0. The van der Waals surface area contributed by atoms with Crippen molar-refractivity contribution in [1.82, 2.24) is 14.5 Å². The fourth-order valence-electron chi connectivity index (χ4n) is 4.57. The minimum atomic E-state index is 0.100. The summed E-state index contributed by atoms with van der Waals surface area (Å²) in [5.74, 6) is 2.15. The van der Waals surface area contributed by atoms with Crippen molar-refractivity contribution in [2.75, 3.05) is 26.3 Å². The summed E-state index contributed by atoms with van der Waals surface area (Å²) in [4.78, 5) is 19.6. The molecule has 30 heavy (non-hydrogen) atoms. The van der Waals surface area contributed by atoms with Gasteiger partial charge in [0.25, 0.3) is 0 Å². The molecule has 0 bridgehead atoms. The lowest BCUT2D eigenvalue weighted by Gasteiger charge is -2.20. The van der Waals surface area contributed by atoms with Crippen LogP contribution in [0.15, 0.2) is 54.6 Å². The highest BCUT2D eigenvalue weighted by atomic mass is 16.5. The molecule has 3 heterocycles. The van der Waals surface area contributed by atoms with Gasteiger partial charge in [-0.25, -0.2) is 4.98 Å². The number of likely N-dealkylation sites (tertiary alicyclic amines) is 1. The van der Waals surface area contributed by atoms with E-state index >= 15 is 0 Å². The smallest absolute Gasteiger partial charge is 0.223 e. The molecular weight excluding hydrogens is 378 g/mol. The van der Waals surface area contributed by atoms with E-state index in [1.165, 1.54) is 0 Å². The number of para-hydroxylation sites is 3. The molecule has 0 radical (unpaired) electrons. The van der Waals surface area contributed by atoms with E-state index in [1.807, 2.05) is 53.4 Å². The molecule has 1 aromatic heterocycles. The fraction of sp³-hybridized carbons (Fsp3) is 0.417. The Labute approximate surface area is 176 Å². The van der Waals surface area contributed by atoms with Crippen molar-refractivity contribution in [3.63, 3.8) is 0 Å². The van der Waals surface area contributed by atoms with Gasteiger partial charge in [0.15, 0.2) is 0 Å². The summed E-state index contributed by atoms with van der Waals surface area (Å²) in [5, 5.41) is 0. The lowest BCUT2D eigenvalue weighted by atomic mass is 10.1. The molecule has 1 amide bonds. The first kappa shape index (κ1) is 19.1. The minimum absolute atomic E-state index is 0.100. The van der Waals surface area contributed by atoms with E-state index in [0.717, 1.165) is 42.1 Å². The average Bonchev–Trinajstić information content (AvgIpc) is 3.49. The molecule has 2 aliphatic rings. The third-order valence-electron chi connectivity index (χ3n) is 6.04. The minimum Gasteiger partial charge on any atom is -0.492 e. The number of carbonyl (C=O) groups excluding carboxylic acids is 1. The molecule has 6 heteroatoms. The van der Waals surface area contributed by atoms with E-state index < -0.39 is 0 Å². The van der Waals surface area contributed by atoms with Gasteiger partial charge in [-0.15, -0.1) is 0 Å². The number of amides is 1. The number of carbonyl (C=O) groups is 1. The monoisotopic (exact) mass is 405 g/mol. The Kier molecular flexibility index (Phi) is 5.41. The van der Waals surface area contributed by atoms with E-state index in [4.69, 9.17) is 14.5 Å². The molecule has 0 unspecified atom stereocenters. The molecule has 0 aliphatic carbocycles. The van der Waals surface area contributed by atoms with Crippen molar-refractivity contribution < 1.29 is 14.3 Å². The van der Waals surface area contributed by atoms with E-state index in [1.54, 1.807) is 0 Å². The van der Waals surface area contributed by atoms with Gasteiger partial charge in [-0.2, -0.15) is 0 Å². The maximum Gasteiger partial charge on any atom is 0.223 e. The number of aromatic nitrogens is 2. The molecule has 0 saturated carbocycles. The number of imidazole rings is 1. The molecule has 2 atom stereocenters. The van der Waals surface area contributed by atoms with Crippen LogP contribution in [-0.2, 0) is 16.1 Å². The lowest BCUT2D eigenvalue weighted by molar-refractivity contribution is -0.129. The number of fused-ring (bicyclic) bond motifs is 1. The maximum absolute atomic E-state index is 12.7. The van der Waals surface area contributed by atoms with Crippen LogP contribution in [0.25, 0.3) is 11.0 Å². The highest BCUT2D eigenvalue weighted by Crippen LogP contribution is 2.31. The number of hydrogen-bond acceptors (Lipinski definition) is 4. The van der Waals surface area contributed by atoms with Crippen LogP contribution < -0.4 is 4.74 Å². The standard InChI is InChI=1S/C24H27N3O3/c28-23-15-18(16-26(23)17-20-9-6-13-29-20)24-25-21-10-4-5-11-22(21)27(24)12-14-30-19-7-2-1-3-8-19/h1-5,7-8,10-11,18,20H,6,9,12-17H2/t18-,20-/m1/s1. The Morgan fingerprint density at radius 3 is 2.77 bits per heavy atom. The Bertz CT molecular complexity index is 1010. The molecule has 6 nitrogen and oxygen atoms in total. The van der Waals surface area contributed by atoms with Gasteiger partial charge >= 0.3 is 0 Å². The van der Waals surface area contributed by atoms with Crippen LogP contribution in [0, 0.1) is 0 Å². The third-order valence-corrected chi connectivity index (χ3v) is 6.04. The zero-order valence-corrected chi connectivity index (χ0v) is 17.1. The summed E-state index contributed by atoms with van der Waals surface area (Å²) in [5.41, 5.74) is 2.06. The summed E-state index contributed by atoms with van der Waals surface area (Å²) < 4.78 is 13.9. The lowest BCUT2D eigenvalue weighted by Crippen LogP contribution is -2.33. The van der Waals surface area contributed by atoms with Gasteiger partial charge in [0.05, 0.1) is 23.7 Å². The topological polar surface area (TPSA) is 56.6 Å². The molecule has 2 saturated heterocycles. The first-order valence-electron chi connectivity index (χ1n) is 10.8. The SMILES string of the molecule is O=C1C[C@@H](c2nc3ccccc3n2CCOc2ccccc2)CN1C[C@H]1CCCO1. The highest BCUT2D eigenvalue weighted by molar-refractivity contribution is 5.81. The fourth-order valence-corrected chi connectivity index (χ4v) is 4.57. The summed E-state index contributed by atoms with van der Waals surface area (Å²) in [6.07, 6.45) is 2.83. The van der Waals surface area contributed by atoms with Crippen LogP contribution in [0.4, 0.5) is 0 Å². The van der Waals surface area contributed by atoms with Crippen molar-refractivity contribution in [2.24, 2.45) is 0 Å². The first-order valence-corrected chi connectivity index (χ1v) is 10.8. The van der Waals surface area contributed by atoms with E-state index in [2.05, 4.69) is 10.6 Å². The van der Waals surface area contributed by atoms with Gasteiger partial charge in [0.1, 0.15) is 18.2 Å². The normalized spacial score (nSPS) is 21.6. The number of rotatable bonds is 7. The van der Waals surface area contributed by atoms with Gasteiger partial charge in [0, 0.05) is 32.0 Å². The largest absolute Gasteiger partial charge is 0.492 e. The van der Waals surface area contributed by atoms with Crippen LogP contribution >= 0.6 is 0 Å². The molecule has 5 rings (SSSR count). The van der Waals surface area contributed by atoms with Crippen molar-refractivity contribution in [3.8, 4) is 5.75 Å². The van der Waals surface area contributed by atoms with Crippen molar-refractivity contribution in [1.29, 1.82) is 0 Å². The number of hydrogen-bond donors (Lipinski definition) is 0. The van der Waals surface area contributed by atoms with Crippen LogP contribution in [0.3, 0.4) is 0 Å². The third kappa shape index (κ3) is 3.92. The van der Waals surface area contributed by atoms with Crippen LogP contribution in [0.2, 0.25) is 0 Å². The number of nitrogens with zero attached hydrogens (tertiary/aromatic N) is 3. The molecule has 0 spiro atoms. The summed E-state index contributed by atoms with van der Waals surface area (Å²) >= 11 is 0. The Morgan fingerprint density at radius 2 is 1.93 bits per heavy atom. The predicted molar refractivity (Wildman–Crippen MR) is 115 cm³/mol. The quantitative estimate of drug-likeness (QED) is 0.603. The second-order valence-corrected chi connectivity index (χ2v) is 8.11. The Balaban J connectivity index is 1.34. The van der Waals surface area contributed by atoms with Gasteiger partial charge in [-0.3, -0.25) is 4.79 Å². The van der Waals surface area contributed by atoms with E-state index in [-0.39, 0.29) is 17.9 Å². The average molecular weight is 405 g/mol. The Hall–Kier alpha value is -2.86. The van der Waals surface area contributed by atoms with Crippen LogP contribution in [0.1, 0.15) is 31.0 Å². The maximum atomic E-state index is 12.7. The van der Waals surface area contributed by atoms with Gasteiger partial charge < -0.3 is 18.9 Å². The first-order chi connectivity index (χ1) is 14.8. The number of benzene rings is 2. The molecule has 2 aliphatic heterocycles. The summed E-state index contributed by atoms with van der Waals surface area (Å²) in [6, 6.07) is 18.0. The molecule has 0 N–H and O–H groups in total. The van der Waals surface area contributed by atoms with Gasteiger partial charge in [-0.1, -0.05) is 30.3 Å². The second-order valence-electron chi connectivity index (χ2n) is 8.11. The molecule has 2 aromatic carbocycles. The molecular formula is C24H27N3O3. The molecule has 156 valence electrons. The zero-order chi connectivity index (χ0) is 20.3. The van der Waals surface area contributed by atoms with Crippen LogP contribution in [0.5, 0.6) is 5.75 Å². The van der Waals surface area contributed by atoms with E-state index in [0.29, 0.717) is 32.7 Å². The van der Waals surface area contributed by atoms with Crippen molar-refractivity contribution in [2.45, 2.75) is 37.8 Å². The van der Waals surface area contributed by atoms with E-state index in [9.17, 15) is 4.79 Å². The molecule has 3 aromatic rings. The van der Waals surface area contributed by atoms with Crippen molar-refractivity contribution in [3.05, 3.63) is 60.4 Å². The number of ether oxygens (including phenoxy) is 2. The summed E-state index contributed by atoms with van der Waals surface area (Å²) in [6.45, 7) is 3.47. The zero-order valence-electron chi connectivity index (χ0n) is 17.1. The molecule has 2 fully saturated rings. The second kappa shape index (κ2) is 8.48. The Morgan fingerprint density at radius 1 is 1.10 bits per heavy atom. The van der Waals surface area contributed by atoms with Gasteiger partial charge in [0.2, 0.25) is 5.91 Å². The predicted octanol–water partition coefficient (Wildman–Crippen LogP) is 3.61. The highest BCUT2D eigenvalue weighted by Gasteiger charge is 2.35. The van der Waals surface area contributed by atoms with Crippen LogP contribution in [-0.4, -0.2) is 52.8 Å².